The Kier molecular flexibility index (Phi) is 10.3. The van der Waals surface area contributed by atoms with Gasteiger partial charge in [-0.2, -0.15) is 0 Å². The zero-order valence-corrected chi connectivity index (χ0v) is 21.2. The lowest BCUT2D eigenvalue weighted by molar-refractivity contribution is 0.0526. The van der Waals surface area contributed by atoms with Gasteiger partial charge >= 0.3 is 5.97 Å². The lowest BCUT2D eigenvalue weighted by Crippen LogP contribution is -2.39. The summed E-state index contributed by atoms with van der Waals surface area (Å²) in [5.74, 6) is -0.417. The number of hydrogen-bond donors (Lipinski definition) is 1. The Labute approximate surface area is 208 Å². The number of carbonyl (C=O) groups is 2. The molecule has 0 spiro atoms. The van der Waals surface area contributed by atoms with Gasteiger partial charge in [0.1, 0.15) is 0 Å². The summed E-state index contributed by atoms with van der Waals surface area (Å²) in [6.45, 7) is 5.80. The predicted molar refractivity (Wildman–Crippen MR) is 139 cm³/mol. The highest BCUT2D eigenvalue weighted by molar-refractivity contribution is 6.31. The third kappa shape index (κ3) is 7.23. The quantitative estimate of drug-likeness (QED) is 0.373. The molecule has 0 aliphatic heterocycles. The fraction of sp³-hybridized carbons (Fsp3) is 0.500. The molecule has 0 radical (unpaired) electrons. The minimum Gasteiger partial charge on any atom is -0.462 e. The van der Waals surface area contributed by atoms with Crippen LogP contribution in [0.15, 0.2) is 42.5 Å². The first-order valence-electron chi connectivity index (χ1n) is 12.6. The van der Waals surface area contributed by atoms with Crippen LogP contribution in [0.25, 0.3) is 0 Å². The van der Waals surface area contributed by atoms with Crippen molar-refractivity contribution < 1.29 is 14.3 Å². The minimum absolute atomic E-state index is 0.0991. The highest BCUT2D eigenvalue weighted by Gasteiger charge is 2.25. The summed E-state index contributed by atoms with van der Waals surface area (Å²) in [7, 11) is 0. The van der Waals surface area contributed by atoms with E-state index < -0.39 is 0 Å². The van der Waals surface area contributed by atoms with Crippen LogP contribution in [0.4, 0.5) is 5.69 Å². The van der Waals surface area contributed by atoms with E-state index in [9.17, 15) is 9.59 Å². The Bertz CT molecular complexity index is 939. The van der Waals surface area contributed by atoms with E-state index in [1.165, 1.54) is 32.1 Å². The molecule has 1 aliphatic rings. The number of amides is 1. The van der Waals surface area contributed by atoms with E-state index in [-0.39, 0.29) is 11.9 Å². The maximum absolute atomic E-state index is 13.2. The number of anilines is 1. The van der Waals surface area contributed by atoms with E-state index in [0.717, 1.165) is 30.6 Å². The van der Waals surface area contributed by atoms with Crippen LogP contribution in [-0.4, -0.2) is 37.6 Å². The molecule has 1 aliphatic carbocycles. The maximum atomic E-state index is 13.2. The number of ether oxygens (including phenoxy) is 1. The van der Waals surface area contributed by atoms with Crippen LogP contribution >= 0.6 is 11.6 Å². The van der Waals surface area contributed by atoms with Crippen molar-refractivity contribution in [2.75, 3.05) is 24.6 Å². The van der Waals surface area contributed by atoms with Crippen molar-refractivity contribution in [3.05, 3.63) is 64.2 Å². The third-order valence-corrected chi connectivity index (χ3v) is 6.68. The van der Waals surface area contributed by atoms with Crippen molar-refractivity contribution >= 4 is 29.2 Å². The first-order valence-corrected chi connectivity index (χ1v) is 13.0. The molecule has 6 heteroatoms. The largest absolute Gasteiger partial charge is 0.462 e. The molecule has 184 valence electrons. The molecule has 0 saturated heterocycles. The second-order valence-corrected chi connectivity index (χ2v) is 9.36. The molecule has 5 nitrogen and oxygen atoms in total. The molecule has 0 heterocycles. The first kappa shape index (κ1) is 26.1. The van der Waals surface area contributed by atoms with Crippen molar-refractivity contribution in [2.45, 2.75) is 71.3 Å². The van der Waals surface area contributed by atoms with Gasteiger partial charge in [0, 0.05) is 29.8 Å². The summed E-state index contributed by atoms with van der Waals surface area (Å²) in [6.07, 6.45) is 9.04. The Hall–Kier alpha value is -2.53. The topological polar surface area (TPSA) is 58.6 Å². The van der Waals surface area contributed by atoms with Crippen LogP contribution < -0.4 is 10.2 Å². The summed E-state index contributed by atoms with van der Waals surface area (Å²) in [5.41, 5.74) is 3.22. The fourth-order valence-electron chi connectivity index (χ4n) is 4.60. The monoisotopic (exact) mass is 484 g/mol. The van der Waals surface area contributed by atoms with Crippen molar-refractivity contribution in [1.29, 1.82) is 0 Å². The first-order chi connectivity index (χ1) is 16.5. The van der Waals surface area contributed by atoms with Crippen molar-refractivity contribution in [1.82, 2.24) is 5.32 Å². The predicted octanol–water partition coefficient (Wildman–Crippen LogP) is 6.43. The van der Waals surface area contributed by atoms with Crippen molar-refractivity contribution in [2.24, 2.45) is 0 Å². The minimum atomic E-state index is -0.318. The molecule has 2 aromatic rings. The van der Waals surface area contributed by atoms with Crippen molar-refractivity contribution in [3.8, 4) is 0 Å². The SMILES string of the molecule is CCCCN(c1ccc(Cl)cc1C(=O)NCCc1ccc(C(=O)OCC)cc1)C1CCCCC1. The van der Waals surface area contributed by atoms with Crippen LogP contribution in [0, 0.1) is 0 Å². The van der Waals surface area contributed by atoms with Crippen LogP contribution in [0.1, 0.15) is 85.1 Å². The van der Waals surface area contributed by atoms with Gasteiger partial charge < -0.3 is 15.0 Å². The van der Waals surface area contributed by atoms with Gasteiger partial charge in [0.05, 0.1) is 17.7 Å². The van der Waals surface area contributed by atoms with Crippen LogP contribution in [0.3, 0.4) is 0 Å². The molecule has 1 fully saturated rings. The van der Waals surface area contributed by atoms with Crippen LogP contribution in [-0.2, 0) is 11.2 Å². The van der Waals surface area contributed by atoms with E-state index in [2.05, 4.69) is 17.1 Å². The number of rotatable bonds is 11. The van der Waals surface area contributed by atoms with E-state index in [1.54, 1.807) is 25.1 Å². The second-order valence-electron chi connectivity index (χ2n) is 8.92. The van der Waals surface area contributed by atoms with Crippen LogP contribution in [0.2, 0.25) is 5.02 Å². The molecule has 3 rings (SSSR count). The molecule has 34 heavy (non-hydrogen) atoms. The average molecular weight is 485 g/mol. The van der Waals surface area contributed by atoms with E-state index >= 15 is 0 Å². The van der Waals surface area contributed by atoms with Gasteiger partial charge in [-0.1, -0.05) is 56.3 Å². The summed E-state index contributed by atoms with van der Waals surface area (Å²) in [5, 5.41) is 3.64. The van der Waals surface area contributed by atoms with Gasteiger partial charge in [0.15, 0.2) is 0 Å². The Morgan fingerprint density at radius 1 is 1.06 bits per heavy atom. The molecule has 0 bridgehead atoms. The number of carbonyl (C=O) groups excluding carboxylic acids is 2. The standard InChI is InChI=1S/C28H37ClN2O3/c1-3-5-19-31(24-9-7-6-8-10-24)26-16-15-23(29)20-25(26)27(32)30-18-17-21-11-13-22(14-12-21)28(33)34-4-2/h11-16,20,24H,3-10,17-19H2,1-2H3,(H,30,32). The zero-order valence-electron chi connectivity index (χ0n) is 20.4. The molecule has 1 amide bonds. The highest BCUT2D eigenvalue weighted by atomic mass is 35.5. The average Bonchev–Trinajstić information content (AvgIpc) is 2.86. The van der Waals surface area contributed by atoms with Gasteiger partial charge in [0.2, 0.25) is 0 Å². The number of esters is 1. The molecular formula is C28H37ClN2O3. The second kappa shape index (κ2) is 13.4. The number of unbranched alkanes of at least 4 members (excludes halogenated alkanes) is 1. The lowest BCUT2D eigenvalue weighted by atomic mass is 9.93. The lowest BCUT2D eigenvalue weighted by Gasteiger charge is -2.37. The Balaban J connectivity index is 1.68. The number of nitrogens with zero attached hydrogens (tertiary/aromatic N) is 1. The van der Waals surface area contributed by atoms with Gasteiger partial charge in [-0.25, -0.2) is 4.79 Å². The van der Waals surface area contributed by atoms with Gasteiger partial charge in [-0.15, -0.1) is 0 Å². The maximum Gasteiger partial charge on any atom is 0.338 e. The molecular weight excluding hydrogens is 448 g/mol. The summed E-state index contributed by atoms with van der Waals surface area (Å²) in [6, 6.07) is 13.5. The molecule has 0 aromatic heterocycles. The van der Waals surface area contributed by atoms with E-state index in [4.69, 9.17) is 16.3 Å². The van der Waals surface area contributed by atoms with Crippen LogP contribution in [0.5, 0.6) is 0 Å². The normalized spacial score (nSPS) is 14.0. The summed E-state index contributed by atoms with van der Waals surface area (Å²) < 4.78 is 5.03. The smallest absolute Gasteiger partial charge is 0.338 e. The summed E-state index contributed by atoms with van der Waals surface area (Å²) in [4.78, 5) is 27.5. The molecule has 1 saturated carbocycles. The molecule has 0 unspecified atom stereocenters. The number of hydrogen-bond acceptors (Lipinski definition) is 4. The number of nitrogens with one attached hydrogen (secondary N) is 1. The number of benzene rings is 2. The van der Waals surface area contributed by atoms with E-state index in [1.807, 2.05) is 24.3 Å². The van der Waals surface area contributed by atoms with Gasteiger partial charge in [-0.3, -0.25) is 4.79 Å². The van der Waals surface area contributed by atoms with Gasteiger partial charge in [0.25, 0.3) is 5.91 Å². The van der Waals surface area contributed by atoms with E-state index in [0.29, 0.717) is 41.8 Å². The number of halogens is 1. The molecule has 2 aromatic carbocycles. The summed E-state index contributed by atoms with van der Waals surface area (Å²) >= 11 is 6.31. The Morgan fingerprint density at radius 2 is 1.79 bits per heavy atom. The molecule has 1 N–H and O–H groups in total. The molecule has 0 atom stereocenters. The highest BCUT2D eigenvalue weighted by Crippen LogP contribution is 2.31. The van der Waals surface area contributed by atoms with Crippen molar-refractivity contribution in [3.63, 3.8) is 0 Å². The fourth-order valence-corrected chi connectivity index (χ4v) is 4.77. The Morgan fingerprint density at radius 3 is 2.47 bits per heavy atom. The third-order valence-electron chi connectivity index (χ3n) is 6.44. The van der Waals surface area contributed by atoms with Gasteiger partial charge in [-0.05, 0) is 68.5 Å². The zero-order chi connectivity index (χ0) is 24.3.